The van der Waals surface area contributed by atoms with E-state index in [1.807, 2.05) is 25.1 Å². The number of hydrogen-bond acceptors (Lipinski definition) is 11. The summed E-state index contributed by atoms with van der Waals surface area (Å²) in [7, 11) is 2.84. The Morgan fingerprint density at radius 1 is 0.863 bits per heavy atom. The van der Waals surface area contributed by atoms with Crippen molar-refractivity contribution in [2.45, 2.75) is 57.9 Å². The lowest BCUT2D eigenvalue weighted by atomic mass is 9.82. The maximum Gasteiger partial charge on any atom is 0.407 e. The van der Waals surface area contributed by atoms with Gasteiger partial charge in [0.15, 0.2) is 19.0 Å². The number of Topliss-reactive ketones (excluding diaryl/α,β-unsaturated/α-hetero) is 2. The minimum atomic E-state index is -0.766. The van der Waals surface area contributed by atoms with Crippen LogP contribution in [0.4, 0.5) is 4.79 Å². The number of hydrogen-bond donors (Lipinski definition) is 2. The van der Waals surface area contributed by atoms with E-state index in [1.165, 1.54) is 16.9 Å². The standard InChI is InChI=1S/C37H46N4O10/c1-4-17-40(33(44)20-39-37(48)49-3)21-35(46)50-23-32(43)29-16-15-26(27-8-5-6-9-28(27)29)24-11-13-25(14-12-24)31(42)22-51-36(47)30-10-7-18-41(30)34(45)19-38-2/h11-16,30,38H,4-10,17-23H2,1-3H3,(H,39,48). The number of esters is 2. The molecule has 274 valence electrons. The van der Waals surface area contributed by atoms with Gasteiger partial charge in [-0.15, -0.1) is 0 Å². The maximum absolute atomic E-state index is 13.3. The third kappa shape index (κ3) is 10.2. The van der Waals surface area contributed by atoms with Crippen molar-refractivity contribution in [1.82, 2.24) is 20.4 Å². The normalized spacial score (nSPS) is 15.0. The molecular weight excluding hydrogens is 660 g/mol. The van der Waals surface area contributed by atoms with Gasteiger partial charge in [0, 0.05) is 24.2 Å². The van der Waals surface area contributed by atoms with Crippen LogP contribution in [0.15, 0.2) is 36.4 Å². The Morgan fingerprint density at radius 2 is 1.57 bits per heavy atom. The number of methoxy groups -OCH3 is 1. The molecule has 0 saturated carbocycles. The Bertz CT molecular complexity index is 1620. The van der Waals surface area contributed by atoms with Gasteiger partial charge in [0.1, 0.15) is 19.1 Å². The summed E-state index contributed by atoms with van der Waals surface area (Å²) in [6.07, 6.45) is 4.28. The summed E-state index contributed by atoms with van der Waals surface area (Å²) in [4.78, 5) is 90.4. The van der Waals surface area contributed by atoms with Gasteiger partial charge < -0.3 is 34.6 Å². The van der Waals surface area contributed by atoms with Crippen molar-refractivity contribution in [3.05, 3.63) is 58.7 Å². The molecule has 2 aliphatic rings. The molecule has 0 spiro atoms. The second-order valence-electron chi connectivity index (χ2n) is 12.5. The number of benzene rings is 2. The van der Waals surface area contributed by atoms with Gasteiger partial charge >= 0.3 is 18.0 Å². The van der Waals surface area contributed by atoms with Crippen molar-refractivity contribution >= 4 is 41.4 Å². The number of likely N-dealkylation sites (N-methyl/N-ethyl adjacent to an activating group) is 1. The molecule has 1 fully saturated rings. The molecule has 1 aliphatic heterocycles. The lowest BCUT2D eigenvalue weighted by Crippen LogP contribution is -2.44. The average molecular weight is 707 g/mol. The first-order chi connectivity index (χ1) is 24.6. The molecule has 4 rings (SSSR count). The molecule has 2 N–H and O–H groups in total. The van der Waals surface area contributed by atoms with Crippen molar-refractivity contribution < 1.29 is 47.8 Å². The summed E-state index contributed by atoms with van der Waals surface area (Å²) in [6, 6.07) is 9.89. The number of nitrogens with zero attached hydrogens (tertiary/aromatic N) is 2. The quantitative estimate of drug-likeness (QED) is 0.149. The number of alkyl carbamates (subject to hydrolysis) is 1. The van der Waals surface area contributed by atoms with E-state index in [0.29, 0.717) is 43.4 Å². The Hall–Kier alpha value is -5.11. The zero-order chi connectivity index (χ0) is 36.9. The average Bonchev–Trinajstić information content (AvgIpc) is 3.65. The largest absolute Gasteiger partial charge is 0.456 e. The SMILES string of the molecule is CCCN(CC(=O)OCC(=O)c1ccc(-c2ccc(C(=O)COC(=O)C3CCCN3C(=O)CNC)cc2)c2c1CCCC2)C(=O)CNC(=O)OC. The number of carbonyl (C=O) groups excluding carboxylic acids is 7. The van der Waals surface area contributed by atoms with Crippen molar-refractivity contribution in [3.8, 4) is 11.1 Å². The smallest absolute Gasteiger partial charge is 0.407 e. The number of nitrogens with one attached hydrogen (secondary N) is 2. The Labute approximate surface area is 297 Å². The number of rotatable bonds is 16. The lowest BCUT2D eigenvalue weighted by molar-refractivity contribution is -0.152. The highest BCUT2D eigenvalue weighted by Gasteiger charge is 2.35. The Morgan fingerprint density at radius 3 is 2.25 bits per heavy atom. The van der Waals surface area contributed by atoms with Crippen molar-refractivity contribution in [2.75, 3.05) is 60.1 Å². The number of fused-ring (bicyclic) bond motifs is 1. The Kier molecular flexibility index (Phi) is 14.2. The first-order valence-corrected chi connectivity index (χ1v) is 17.2. The molecule has 1 aliphatic carbocycles. The summed E-state index contributed by atoms with van der Waals surface area (Å²) < 4.78 is 15.1. The van der Waals surface area contributed by atoms with Gasteiger partial charge in [0.2, 0.25) is 17.6 Å². The minimum absolute atomic E-state index is 0.121. The zero-order valence-corrected chi connectivity index (χ0v) is 29.4. The third-order valence-electron chi connectivity index (χ3n) is 8.97. The van der Waals surface area contributed by atoms with Crippen LogP contribution in [-0.2, 0) is 46.2 Å². The fraction of sp³-hybridized carbons (Fsp3) is 0.486. The summed E-state index contributed by atoms with van der Waals surface area (Å²) in [5.41, 5.74) is 4.58. The molecule has 1 saturated heterocycles. The summed E-state index contributed by atoms with van der Waals surface area (Å²) >= 11 is 0. The van der Waals surface area contributed by atoms with E-state index in [-0.39, 0.29) is 43.7 Å². The van der Waals surface area contributed by atoms with Crippen molar-refractivity contribution in [2.24, 2.45) is 0 Å². The fourth-order valence-electron chi connectivity index (χ4n) is 6.43. The molecule has 0 radical (unpaired) electrons. The third-order valence-corrected chi connectivity index (χ3v) is 8.97. The summed E-state index contributed by atoms with van der Waals surface area (Å²) in [6.45, 7) is 1.09. The molecule has 0 bridgehead atoms. The Balaban J connectivity index is 1.37. The first-order valence-electron chi connectivity index (χ1n) is 17.2. The van der Waals surface area contributed by atoms with E-state index in [4.69, 9.17) is 9.47 Å². The van der Waals surface area contributed by atoms with Crippen molar-refractivity contribution in [1.29, 1.82) is 0 Å². The van der Waals surface area contributed by atoms with Gasteiger partial charge in [0.05, 0.1) is 13.7 Å². The maximum atomic E-state index is 13.3. The number of carbonyl (C=O) groups is 7. The van der Waals surface area contributed by atoms with E-state index < -0.39 is 43.2 Å². The predicted molar refractivity (Wildman–Crippen MR) is 185 cm³/mol. The second kappa shape index (κ2) is 18.8. The molecule has 0 aromatic heterocycles. The second-order valence-corrected chi connectivity index (χ2v) is 12.5. The molecule has 1 atom stereocenters. The highest BCUT2D eigenvalue weighted by atomic mass is 16.5. The molecule has 1 heterocycles. The monoisotopic (exact) mass is 706 g/mol. The topological polar surface area (TPSA) is 178 Å². The van der Waals surface area contributed by atoms with Crippen LogP contribution in [0.3, 0.4) is 0 Å². The number of likely N-dealkylation sites (tertiary alicyclic amines) is 1. The minimum Gasteiger partial charge on any atom is -0.456 e. The number of amides is 3. The van der Waals surface area contributed by atoms with Crippen LogP contribution in [0.25, 0.3) is 11.1 Å². The predicted octanol–water partition coefficient (Wildman–Crippen LogP) is 2.49. The van der Waals surface area contributed by atoms with E-state index in [0.717, 1.165) is 41.5 Å². The van der Waals surface area contributed by atoms with Crippen molar-refractivity contribution in [3.63, 3.8) is 0 Å². The number of ether oxygens (including phenoxy) is 3. The highest BCUT2D eigenvalue weighted by Crippen LogP contribution is 2.34. The molecular formula is C37H46N4O10. The highest BCUT2D eigenvalue weighted by molar-refractivity contribution is 6.01. The molecule has 3 amide bonds. The molecule has 14 nitrogen and oxygen atoms in total. The van der Waals surface area contributed by atoms with Gasteiger partial charge in [-0.1, -0.05) is 43.3 Å². The summed E-state index contributed by atoms with van der Waals surface area (Å²) in [5.74, 6) is -2.71. The zero-order valence-electron chi connectivity index (χ0n) is 29.4. The molecule has 1 unspecified atom stereocenters. The molecule has 51 heavy (non-hydrogen) atoms. The van der Waals surface area contributed by atoms with Crippen LogP contribution in [-0.4, -0.2) is 117 Å². The van der Waals surface area contributed by atoms with Crippen LogP contribution in [0.2, 0.25) is 0 Å². The van der Waals surface area contributed by atoms with Gasteiger partial charge in [0.25, 0.3) is 0 Å². The van der Waals surface area contributed by atoms with Gasteiger partial charge in [-0.2, -0.15) is 0 Å². The first kappa shape index (κ1) is 38.7. The van der Waals surface area contributed by atoms with Crippen LogP contribution in [0.5, 0.6) is 0 Å². The van der Waals surface area contributed by atoms with E-state index in [2.05, 4.69) is 15.4 Å². The lowest BCUT2D eigenvalue weighted by Gasteiger charge is -2.23. The van der Waals surface area contributed by atoms with Crippen LogP contribution >= 0.6 is 0 Å². The number of ketones is 2. The van der Waals surface area contributed by atoms with Gasteiger partial charge in [-0.05, 0) is 74.2 Å². The fourth-order valence-corrected chi connectivity index (χ4v) is 6.43. The van der Waals surface area contributed by atoms with Crippen LogP contribution in [0.1, 0.15) is 70.9 Å². The molecule has 2 aromatic carbocycles. The van der Waals surface area contributed by atoms with Crippen LogP contribution < -0.4 is 10.6 Å². The summed E-state index contributed by atoms with van der Waals surface area (Å²) in [5, 5.41) is 5.08. The van der Waals surface area contributed by atoms with E-state index in [1.54, 1.807) is 25.2 Å². The molecule has 14 heteroatoms. The van der Waals surface area contributed by atoms with E-state index in [9.17, 15) is 33.6 Å². The van der Waals surface area contributed by atoms with Gasteiger partial charge in [-0.3, -0.25) is 24.0 Å². The van der Waals surface area contributed by atoms with Crippen LogP contribution in [0, 0.1) is 0 Å². The van der Waals surface area contributed by atoms with E-state index >= 15 is 0 Å². The van der Waals surface area contributed by atoms with Gasteiger partial charge in [-0.25, -0.2) is 9.59 Å². The molecule has 2 aromatic rings.